The fourth-order valence-corrected chi connectivity index (χ4v) is 2.65. The van der Waals surface area contributed by atoms with Gasteiger partial charge in [-0.2, -0.15) is 0 Å². The topological polar surface area (TPSA) is 35.2 Å². The van der Waals surface area contributed by atoms with Gasteiger partial charge in [0.2, 0.25) is 0 Å². The number of nitrogens with two attached hydrogens (primary N) is 1. The first-order valence-corrected chi connectivity index (χ1v) is 6.87. The van der Waals surface area contributed by atoms with Gasteiger partial charge < -0.3 is 10.5 Å². The summed E-state index contributed by atoms with van der Waals surface area (Å²) in [6, 6.07) is 14.6. The number of hydrogen-bond acceptors (Lipinski definition) is 2. The molecule has 19 heavy (non-hydrogen) atoms. The first-order chi connectivity index (χ1) is 9.28. The Hall–Kier alpha value is -1.96. The zero-order chi connectivity index (χ0) is 13.2. The molecule has 0 fully saturated rings. The Balaban J connectivity index is 1.65. The Morgan fingerprint density at radius 1 is 1.21 bits per heavy atom. The van der Waals surface area contributed by atoms with Crippen LogP contribution in [0.3, 0.4) is 0 Å². The van der Waals surface area contributed by atoms with Crippen molar-refractivity contribution in [2.24, 2.45) is 0 Å². The van der Waals surface area contributed by atoms with E-state index in [0.717, 1.165) is 24.3 Å². The molecule has 1 aliphatic carbocycles. The molecule has 98 valence electrons. The van der Waals surface area contributed by atoms with E-state index in [-0.39, 0.29) is 0 Å². The maximum Gasteiger partial charge on any atom is 0.142 e. The van der Waals surface area contributed by atoms with Gasteiger partial charge in [0.05, 0.1) is 12.3 Å². The number of hydrogen-bond donors (Lipinski definition) is 1. The molecule has 0 bridgehead atoms. The summed E-state index contributed by atoms with van der Waals surface area (Å²) in [5.41, 5.74) is 10.9. The lowest BCUT2D eigenvalue weighted by Gasteiger charge is -2.30. The third-order valence-electron chi connectivity index (χ3n) is 3.88. The standard InChI is InChI=1S/C17H19NO/c1-2-12-7-8-17(16(18)9-12)19-11-14-10-13-5-3-4-6-15(13)14/h3-9,14H,2,10-11,18H2,1H3. The van der Waals surface area contributed by atoms with Crippen LogP contribution in [0, 0.1) is 0 Å². The number of aryl methyl sites for hydroxylation is 1. The zero-order valence-electron chi connectivity index (χ0n) is 11.2. The van der Waals surface area contributed by atoms with Gasteiger partial charge >= 0.3 is 0 Å². The lowest BCUT2D eigenvalue weighted by Crippen LogP contribution is -2.23. The van der Waals surface area contributed by atoms with Crippen molar-refractivity contribution in [1.82, 2.24) is 0 Å². The van der Waals surface area contributed by atoms with E-state index < -0.39 is 0 Å². The molecule has 0 heterocycles. The smallest absolute Gasteiger partial charge is 0.142 e. The van der Waals surface area contributed by atoms with E-state index in [0.29, 0.717) is 12.5 Å². The first kappa shape index (κ1) is 12.1. The second-order valence-corrected chi connectivity index (χ2v) is 5.14. The van der Waals surface area contributed by atoms with Crippen LogP contribution >= 0.6 is 0 Å². The molecule has 0 saturated carbocycles. The van der Waals surface area contributed by atoms with Crippen LogP contribution in [0.5, 0.6) is 5.75 Å². The second-order valence-electron chi connectivity index (χ2n) is 5.14. The molecule has 1 atom stereocenters. The van der Waals surface area contributed by atoms with Gasteiger partial charge in [0.25, 0.3) is 0 Å². The van der Waals surface area contributed by atoms with Gasteiger partial charge in [-0.05, 0) is 41.7 Å². The van der Waals surface area contributed by atoms with Crippen molar-refractivity contribution in [2.75, 3.05) is 12.3 Å². The highest BCUT2D eigenvalue weighted by molar-refractivity contribution is 5.54. The minimum absolute atomic E-state index is 0.515. The van der Waals surface area contributed by atoms with E-state index in [1.54, 1.807) is 0 Å². The highest BCUT2D eigenvalue weighted by Crippen LogP contribution is 2.35. The molecule has 1 aliphatic rings. The molecule has 3 rings (SSSR count). The van der Waals surface area contributed by atoms with Crippen LogP contribution in [-0.2, 0) is 12.8 Å². The van der Waals surface area contributed by atoms with Gasteiger partial charge in [-0.3, -0.25) is 0 Å². The summed E-state index contributed by atoms with van der Waals surface area (Å²) >= 11 is 0. The molecule has 0 radical (unpaired) electrons. The minimum atomic E-state index is 0.515. The van der Waals surface area contributed by atoms with Gasteiger partial charge in [-0.25, -0.2) is 0 Å². The summed E-state index contributed by atoms with van der Waals surface area (Å²) in [5, 5.41) is 0. The normalized spacial score (nSPS) is 16.6. The monoisotopic (exact) mass is 253 g/mol. The van der Waals surface area contributed by atoms with Crippen LogP contribution in [0.4, 0.5) is 5.69 Å². The molecule has 0 aliphatic heterocycles. The Morgan fingerprint density at radius 2 is 2.05 bits per heavy atom. The number of fused-ring (bicyclic) bond motifs is 1. The van der Waals surface area contributed by atoms with E-state index in [4.69, 9.17) is 10.5 Å². The van der Waals surface area contributed by atoms with E-state index in [9.17, 15) is 0 Å². The van der Waals surface area contributed by atoms with E-state index in [1.807, 2.05) is 12.1 Å². The molecule has 0 spiro atoms. The molecular weight excluding hydrogens is 234 g/mol. The quantitative estimate of drug-likeness (QED) is 0.846. The van der Waals surface area contributed by atoms with Gasteiger partial charge in [0.15, 0.2) is 0 Å². The predicted molar refractivity (Wildman–Crippen MR) is 78.6 cm³/mol. The Bertz CT molecular complexity index is 592. The van der Waals surface area contributed by atoms with E-state index in [2.05, 4.69) is 37.3 Å². The van der Waals surface area contributed by atoms with Crippen LogP contribution in [0.15, 0.2) is 42.5 Å². The zero-order valence-corrected chi connectivity index (χ0v) is 11.2. The van der Waals surface area contributed by atoms with Crippen molar-refractivity contribution in [3.05, 3.63) is 59.2 Å². The van der Waals surface area contributed by atoms with Crippen molar-refractivity contribution < 1.29 is 4.74 Å². The summed E-state index contributed by atoms with van der Waals surface area (Å²) in [6.07, 6.45) is 2.11. The maximum absolute atomic E-state index is 6.01. The fourth-order valence-electron chi connectivity index (χ4n) is 2.65. The lowest BCUT2D eigenvalue weighted by atomic mass is 9.78. The molecule has 0 aromatic heterocycles. The molecular formula is C17H19NO. The van der Waals surface area contributed by atoms with Crippen LogP contribution < -0.4 is 10.5 Å². The third-order valence-corrected chi connectivity index (χ3v) is 3.88. The molecule has 2 N–H and O–H groups in total. The Morgan fingerprint density at radius 3 is 2.79 bits per heavy atom. The largest absolute Gasteiger partial charge is 0.491 e. The highest BCUT2D eigenvalue weighted by Gasteiger charge is 2.25. The molecule has 2 heteroatoms. The second kappa shape index (κ2) is 4.96. The van der Waals surface area contributed by atoms with Crippen LogP contribution in [0.25, 0.3) is 0 Å². The molecule has 2 aromatic rings. The lowest BCUT2D eigenvalue weighted by molar-refractivity contribution is 0.276. The minimum Gasteiger partial charge on any atom is -0.491 e. The van der Waals surface area contributed by atoms with Crippen molar-refractivity contribution in [3.8, 4) is 5.75 Å². The van der Waals surface area contributed by atoms with Crippen molar-refractivity contribution in [2.45, 2.75) is 25.7 Å². The summed E-state index contributed by atoms with van der Waals surface area (Å²) in [6.45, 7) is 2.84. The average Bonchev–Trinajstić information content (AvgIpc) is 2.41. The molecule has 2 nitrogen and oxygen atoms in total. The summed E-state index contributed by atoms with van der Waals surface area (Å²) in [4.78, 5) is 0. The number of anilines is 1. The van der Waals surface area contributed by atoms with Crippen molar-refractivity contribution >= 4 is 5.69 Å². The van der Waals surface area contributed by atoms with Gasteiger partial charge in [0.1, 0.15) is 5.75 Å². The highest BCUT2D eigenvalue weighted by atomic mass is 16.5. The fraction of sp³-hybridized carbons (Fsp3) is 0.294. The van der Waals surface area contributed by atoms with Crippen LogP contribution in [0.2, 0.25) is 0 Å². The molecule has 2 aromatic carbocycles. The van der Waals surface area contributed by atoms with Gasteiger partial charge in [-0.15, -0.1) is 0 Å². The molecule has 1 unspecified atom stereocenters. The van der Waals surface area contributed by atoms with Crippen LogP contribution in [-0.4, -0.2) is 6.61 Å². The maximum atomic E-state index is 6.01. The Labute approximate surface area is 114 Å². The van der Waals surface area contributed by atoms with Crippen LogP contribution in [0.1, 0.15) is 29.5 Å². The number of nitrogen functional groups attached to an aromatic ring is 1. The average molecular weight is 253 g/mol. The first-order valence-electron chi connectivity index (χ1n) is 6.87. The number of benzene rings is 2. The van der Waals surface area contributed by atoms with E-state index in [1.165, 1.54) is 16.7 Å². The van der Waals surface area contributed by atoms with Gasteiger partial charge in [-0.1, -0.05) is 37.3 Å². The van der Waals surface area contributed by atoms with E-state index >= 15 is 0 Å². The Kier molecular flexibility index (Phi) is 3.16. The number of ether oxygens (including phenoxy) is 1. The van der Waals surface area contributed by atoms with Gasteiger partial charge in [0, 0.05) is 5.92 Å². The molecule has 0 saturated heterocycles. The third kappa shape index (κ3) is 2.30. The molecule has 0 amide bonds. The number of rotatable bonds is 4. The summed E-state index contributed by atoms with van der Waals surface area (Å²) < 4.78 is 5.87. The van der Waals surface area contributed by atoms with Crippen molar-refractivity contribution in [3.63, 3.8) is 0 Å². The predicted octanol–water partition coefficient (Wildman–Crippen LogP) is 3.55. The van der Waals surface area contributed by atoms with Crippen molar-refractivity contribution in [1.29, 1.82) is 0 Å². The summed E-state index contributed by atoms with van der Waals surface area (Å²) in [7, 11) is 0. The SMILES string of the molecule is CCc1ccc(OCC2Cc3ccccc32)c(N)c1. The summed E-state index contributed by atoms with van der Waals surface area (Å²) in [5.74, 6) is 1.32.